The molecule has 3 aromatic rings. The number of amides is 1. The van der Waals surface area contributed by atoms with Gasteiger partial charge in [-0.2, -0.15) is 4.31 Å². The minimum atomic E-state index is -3.57. The largest absolute Gasteiger partial charge is 0.361 e. The number of aromatic nitrogens is 1. The van der Waals surface area contributed by atoms with Crippen LogP contribution in [0.3, 0.4) is 0 Å². The van der Waals surface area contributed by atoms with E-state index in [-0.39, 0.29) is 10.8 Å². The minimum absolute atomic E-state index is 0.179. The summed E-state index contributed by atoms with van der Waals surface area (Å²) in [5.41, 5.74) is 2.17. The number of nitrogens with zero attached hydrogens (tertiary/aromatic N) is 3. The van der Waals surface area contributed by atoms with E-state index in [2.05, 4.69) is 5.16 Å². The van der Waals surface area contributed by atoms with Gasteiger partial charge in [-0.3, -0.25) is 4.79 Å². The number of benzene rings is 2. The number of hydrogen-bond acceptors (Lipinski definition) is 5. The first kappa shape index (κ1) is 23.2. The zero-order chi connectivity index (χ0) is 23.3. The Labute approximate surface area is 195 Å². The van der Waals surface area contributed by atoms with Crippen molar-refractivity contribution < 1.29 is 17.7 Å². The smallest absolute Gasteiger partial charge is 0.253 e. The maximum absolute atomic E-state index is 12.9. The van der Waals surface area contributed by atoms with Gasteiger partial charge < -0.3 is 9.42 Å². The van der Waals surface area contributed by atoms with Crippen LogP contribution >= 0.6 is 0 Å². The summed E-state index contributed by atoms with van der Waals surface area (Å²) >= 11 is 0. The molecule has 2 heterocycles. The van der Waals surface area contributed by atoms with E-state index in [9.17, 15) is 13.2 Å². The molecule has 33 heavy (non-hydrogen) atoms. The average molecular weight is 468 g/mol. The molecule has 1 fully saturated rings. The third kappa shape index (κ3) is 5.51. The summed E-state index contributed by atoms with van der Waals surface area (Å²) in [7, 11) is -1.85. The highest BCUT2D eigenvalue weighted by molar-refractivity contribution is 7.89. The molecule has 0 N–H and O–H groups in total. The van der Waals surface area contributed by atoms with E-state index in [1.54, 1.807) is 30.1 Å². The van der Waals surface area contributed by atoms with Gasteiger partial charge in [0.05, 0.1) is 4.90 Å². The molecule has 0 bridgehead atoms. The van der Waals surface area contributed by atoms with Gasteiger partial charge in [0.2, 0.25) is 10.0 Å². The summed E-state index contributed by atoms with van der Waals surface area (Å²) in [5.74, 6) is 0.567. The van der Waals surface area contributed by atoms with Crippen molar-refractivity contribution in [2.24, 2.45) is 0 Å². The zero-order valence-electron chi connectivity index (χ0n) is 18.8. The fraction of sp³-hybridized carbons (Fsp3) is 0.360. The van der Waals surface area contributed by atoms with Crippen LogP contribution in [0.25, 0.3) is 11.3 Å². The fourth-order valence-electron chi connectivity index (χ4n) is 4.03. The Morgan fingerprint density at radius 2 is 1.79 bits per heavy atom. The topological polar surface area (TPSA) is 83.7 Å². The summed E-state index contributed by atoms with van der Waals surface area (Å²) < 4.78 is 32.9. The van der Waals surface area contributed by atoms with Crippen molar-refractivity contribution >= 4 is 15.9 Å². The standard InChI is InChI=1S/C25H29N3O4S/c1-27(15-9-13-22-19-24(26-32-22)20-10-4-2-5-11-20)25(29)21-12-8-14-23(18-21)33(30,31)28-16-6-3-7-17-28/h2,4-5,8,10-12,14,18-19H,3,6-7,9,13,15-17H2,1H3. The van der Waals surface area contributed by atoms with Gasteiger partial charge >= 0.3 is 0 Å². The van der Waals surface area contributed by atoms with Crippen molar-refractivity contribution in [2.45, 2.75) is 37.0 Å². The Balaban J connectivity index is 1.35. The second kappa shape index (κ2) is 10.3. The molecule has 1 aliphatic heterocycles. The molecule has 1 aliphatic rings. The summed E-state index contributed by atoms with van der Waals surface area (Å²) in [6, 6.07) is 18.1. The van der Waals surface area contributed by atoms with E-state index in [1.807, 2.05) is 36.4 Å². The Hall–Kier alpha value is -2.97. The Morgan fingerprint density at radius 1 is 1.03 bits per heavy atom. The van der Waals surface area contributed by atoms with E-state index in [0.717, 1.165) is 36.3 Å². The summed E-state index contributed by atoms with van der Waals surface area (Å²) in [4.78, 5) is 14.7. The molecule has 1 amide bonds. The lowest BCUT2D eigenvalue weighted by Gasteiger charge is -2.26. The van der Waals surface area contributed by atoms with Gasteiger partial charge in [0.25, 0.3) is 5.91 Å². The van der Waals surface area contributed by atoms with Crippen LogP contribution in [0.2, 0.25) is 0 Å². The third-order valence-electron chi connectivity index (χ3n) is 5.93. The van der Waals surface area contributed by atoms with Crippen LogP contribution in [0.15, 0.2) is 70.1 Å². The van der Waals surface area contributed by atoms with Crippen LogP contribution in [0.1, 0.15) is 41.8 Å². The molecule has 4 rings (SSSR count). The van der Waals surface area contributed by atoms with Gasteiger partial charge in [-0.1, -0.05) is 48.0 Å². The quantitative estimate of drug-likeness (QED) is 0.495. The molecule has 174 valence electrons. The molecule has 0 aliphatic carbocycles. The SMILES string of the molecule is CN(CCCc1cc(-c2ccccc2)no1)C(=O)c1cccc(S(=O)(=O)N2CCCCC2)c1. The van der Waals surface area contributed by atoms with Gasteiger partial charge in [-0.15, -0.1) is 0 Å². The highest BCUT2D eigenvalue weighted by Gasteiger charge is 2.26. The Kier molecular flexibility index (Phi) is 7.25. The molecule has 0 spiro atoms. The molecule has 0 atom stereocenters. The first-order valence-electron chi connectivity index (χ1n) is 11.3. The first-order chi connectivity index (χ1) is 15.9. The molecule has 7 nitrogen and oxygen atoms in total. The number of sulfonamides is 1. The number of aryl methyl sites for hydroxylation is 1. The molecule has 0 saturated carbocycles. The fourth-order valence-corrected chi connectivity index (χ4v) is 5.60. The Morgan fingerprint density at radius 3 is 2.55 bits per heavy atom. The van der Waals surface area contributed by atoms with Crippen molar-refractivity contribution in [2.75, 3.05) is 26.7 Å². The molecular weight excluding hydrogens is 438 g/mol. The first-order valence-corrected chi connectivity index (χ1v) is 12.8. The van der Waals surface area contributed by atoms with E-state index < -0.39 is 10.0 Å². The molecule has 1 aromatic heterocycles. The minimum Gasteiger partial charge on any atom is -0.361 e. The number of hydrogen-bond donors (Lipinski definition) is 0. The molecular formula is C25H29N3O4S. The van der Waals surface area contributed by atoms with Gasteiger partial charge in [0.1, 0.15) is 11.5 Å². The van der Waals surface area contributed by atoms with Crippen LogP contribution in [-0.2, 0) is 16.4 Å². The van der Waals surface area contributed by atoms with Crippen LogP contribution < -0.4 is 0 Å². The molecule has 1 saturated heterocycles. The second-order valence-electron chi connectivity index (χ2n) is 8.37. The van der Waals surface area contributed by atoms with Gasteiger partial charge in [-0.25, -0.2) is 8.42 Å². The maximum Gasteiger partial charge on any atom is 0.253 e. The highest BCUT2D eigenvalue weighted by Crippen LogP contribution is 2.22. The van der Waals surface area contributed by atoms with Crippen LogP contribution in [0, 0.1) is 0 Å². The number of piperidine rings is 1. The van der Waals surface area contributed by atoms with Crippen molar-refractivity contribution in [3.8, 4) is 11.3 Å². The number of rotatable bonds is 8. The van der Waals surface area contributed by atoms with Crippen LogP contribution in [-0.4, -0.2) is 55.4 Å². The van der Waals surface area contributed by atoms with Crippen molar-refractivity contribution in [1.82, 2.24) is 14.4 Å². The van der Waals surface area contributed by atoms with E-state index in [0.29, 0.717) is 38.0 Å². The molecule has 2 aromatic carbocycles. The lowest BCUT2D eigenvalue weighted by molar-refractivity contribution is 0.0792. The summed E-state index contributed by atoms with van der Waals surface area (Å²) in [5, 5.41) is 4.12. The second-order valence-corrected chi connectivity index (χ2v) is 10.3. The van der Waals surface area contributed by atoms with Crippen molar-refractivity contribution in [3.63, 3.8) is 0 Å². The lowest BCUT2D eigenvalue weighted by Crippen LogP contribution is -2.35. The molecule has 8 heteroatoms. The predicted octanol–water partition coefficient (Wildman–Crippen LogP) is 4.22. The van der Waals surface area contributed by atoms with Gasteiger partial charge in [-0.05, 0) is 37.5 Å². The zero-order valence-corrected chi connectivity index (χ0v) is 19.6. The van der Waals surface area contributed by atoms with E-state index >= 15 is 0 Å². The van der Waals surface area contributed by atoms with E-state index in [1.165, 1.54) is 10.4 Å². The number of carbonyl (C=O) groups excluding carboxylic acids is 1. The highest BCUT2D eigenvalue weighted by atomic mass is 32.2. The van der Waals surface area contributed by atoms with Crippen LogP contribution in [0.5, 0.6) is 0 Å². The van der Waals surface area contributed by atoms with E-state index in [4.69, 9.17) is 4.52 Å². The Bertz CT molecular complexity index is 1190. The molecule has 0 radical (unpaired) electrons. The van der Waals surface area contributed by atoms with Gasteiger partial charge in [0, 0.05) is 50.3 Å². The summed E-state index contributed by atoms with van der Waals surface area (Å²) in [6.07, 6.45) is 4.16. The predicted molar refractivity (Wildman–Crippen MR) is 126 cm³/mol. The molecule has 0 unspecified atom stereocenters. The average Bonchev–Trinajstić information content (AvgIpc) is 3.33. The maximum atomic E-state index is 12.9. The number of carbonyl (C=O) groups is 1. The van der Waals surface area contributed by atoms with Crippen molar-refractivity contribution in [1.29, 1.82) is 0 Å². The monoisotopic (exact) mass is 467 g/mol. The van der Waals surface area contributed by atoms with Crippen LogP contribution in [0.4, 0.5) is 0 Å². The lowest BCUT2D eigenvalue weighted by atomic mass is 10.1. The normalized spacial score (nSPS) is 14.8. The van der Waals surface area contributed by atoms with Crippen molar-refractivity contribution in [3.05, 3.63) is 72.0 Å². The third-order valence-corrected chi connectivity index (χ3v) is 7.82. The summed E-state index contributed by atoms with van der Waals surface area (Å²) in [6.45, 7) is 1.59. The van der Waals surface area contributed by atoms with Gasteiger partial charge in [0.15, 0.2) is 0 Å².